The molecule has 136 valence electrons. The van der Waals surface area contributed by atoms with E-state index in [0.717, 1.165) is 17.7 Å². The van der Waals surface area contributed by atoms with Crippen LogP contribution in [0.5, 0.6) is 0 Å². The number of hydrogen-bond donors (Lipinski definition) is 1. The van der Waals surface area contributed by atoms with E-state index in [0.29, 0.717) is 17.1 Å². The van der Waals surface area contributed by atoms with Gasteiger partial charge in [0.05, 0.1) is 15.5 Å². The molecule has 4 nitrogen and oxygen atoms in total. The second-order valence-corrected chi connectivity index (χ2v) is 7.43. The second-order valence-electron chi connectivity index (χ2n) is 6.08. The maximum atomic E-state index is 14.0. The Morgan fingerprint density at radius 3 is 2.74 bits per heavy atom. The Kier molecular flexibility index (Phi) is 4.68. The van der Waals surface area contributed by atoms with Gasteiger partial charge in [-0.2, -0.15) is 0 Å². The van der Waals surface area contributed by atoms with Crippen LogP contribution in [0.4, 0.5) is 15.8 Å². The van der Waals surface area contributed by atoms with Crippen molar-refractivity contribution in [1.82, 2.24) is 0 Å². The van der Waals surface area contributed by atoms with Crippen molar-refractivity contribution in [1.29, 1.82) is 0 Å². The van der Waals surface area contributed by atoms with Gasteiger partial charge in [-0.05, 0) is 47.7 Å². The normalized spacial score (nSPS) is 12.7. The van der Waals surface area contributed by atoms with Crippen LogP contribution in [0.3, 0.4) is 0 Å². The van der Waals surface area contributed by atoms with E-state index in [1.807, 2.05) is 17.5 Å². The van der Waals surface area contributed by atoms with Gasteiger partial charge < -0.3 is 10.2 Å². The Hall–Kier alpha value is -2.70. The van der Waals surface area contributed by atoms with E-state index in [2.05, 4.69) is 5.32 Å². The minimum atomic E-state index is -0.685. The quantitative estimate of drug-likeness (QED) is 0.672. The highest BCUT2D eigenvalue weighted by molar-refractivity contribution is 7.12. The first-order chi connectivity index (χ1) is 13.0. The van der Waals surface area contributed by atoms with Gasteiger partial charge >= 0.3 is 0 Å². The lowest BCUT2D eigenvalue weighted by atomic mass is 10.1. The first-order valence-corrected chi connectivity index (χ1v) is 9.54. The molecule has 0 bridgehead atoms. The summed E-state index contributed by atoms with van der Waals surface area (Å²) in [7, 11) is 0. The first kappa shape index (κ1) is 17.7. The number of amides is 2. The molecule has 0 radical (unpaired) electrons. The number of halogens is 2. The zero-order valence-corrected chi connectivity index (χ0v) is 15.6. The lowest BCUT2D eigenvalue weighted by molar-refractivity contribution is 0.0991. The molecule has 2 heterocycles. The summed E-state index contributed by atoms with van der Waals surface area (Å²) < 4.78 is 14.0. The number of nitrogens with one attached hydrogen (secondary N) is 1. The van der Waals surface area contributed by atoms with Gasteiger partial charge in [0.2, 0.25) is 0 Å². The molecule has 0 saturated heterocycles. The van der Waals surface area contributed by atoms with Crippen molar-refractivity contribution in [2.45, 2.75) is 6.42 Å². The van der Waals surface area contributed by atoms with Crippen molar-refractivity contribution in [3.8, 4) is 0 Å². The second kappa shape index (κ2) is 7.13. The Bertz CT molecular complexity index is 1020. The fraction of sp³-hybridized carbons (Fsp3) is 0.100. The number of carbonyl (C=O) groups excluding carboxylic acids is 2. The van der Waals surface area contributed by atoms with Gasteiger partial charge in [-0.25, -0.2) is 4.39 Å². The third-order valence-electron chi connectivity index (χ3n) is 4.41. The number of fused-ring (bicyclic) bond motifs is 1. The molecule has 27 heavy (non-hydrogen) atoms. The van der Waals surface area contributed by atoms with Crippen molar-refractivity contribution in [2.75, 3.05) is 16.8 Å². The van der Waals surface area contributed by atoms with Gasteiger partial charge in [-0.1, -0.05) is 29.8 Å². The molecule has 0 atom stereocenters. The number of carbonyl (C=O) groups is 2. The number of benzene rings is 2. The minimum absolute atomic E-state index is 0.0446. The molecule has 2 aromatic carbocycles. The highest BCUT2D eigenvalue weighted by atomic mass is 35.5. The lowest BCUT2D eigenvalue weighted by Gasteiger charge is -2.17. The standard InChI is InChI=1S/C20H14ClFN2O2S/c21-14-3-1-4-15(22)18(14)19(25)23-13-7-6-12-8-9-24(16(12)11-13)20(26)17-5-2-10-27-17/h1-7,10-11H,8-9H2,(H,23,25). The summed E-state index contributed by atoms with van der Waals surface area (Å²) in [5.74, 6) is -1.38. The summed E-state index contributed by atoms with van der Waals surface area (Å²) in [6, 6.07) is 13.1. The highest BCUT2D eigenvalue weighted by Gasteiger charge is 2.27. The van der Waals surface area contributed by atoms with Crippen molar-refractivity contribution >= 4 is 46.1 Å². The van der Waals surface area contributed by atoms with Gasteiger partial charge in [-0.15, -0.1) is 11.3 Å². The topological polar surface area (TPSA) is 49.4 Å². The number of hydrogen-bond acceptors (Lipinski definition) is 3. The SMILES string of the molecule is O=C(Nc1ccc2c(c1)N(C(=O)c1cccs1)CC2)c1c(F)cccc1Cl. The van der Waals surface area contributed by atoms with Crippen LogP contribution in [0, 0.1) is 5.82 Å². The van der Waals surface area contributed by atoms with Crippen molar-refractivity contribution in [3.63, 3.8) is 0 Å². The fourth-order valence-electron chi connectivity index (χ4n) is 3.11. The molecule has 4 rings (SSSR count). The number of nitrogens with zero attached hydrogens (tertiary/aromatic N) is 1. The van der Waals surface area contributed by atoms with E-state index in [9.17, 15) is 14.0 Å². The predicted octanol–water partition coefficient (Wildman–Crippen LogP) is 5.00. The Morgan fingerprint density at radius 1 is 1.15 bits per heavy atom. The molecular formula is C20H14ClFN2O2S. The van der Waals surface area contributed by atoms with Crippen LogP contribution in [0.2, 0.25) is 5.02 Å². The molecule has 0 aliphatic carbocycles. The first-order valence-electron chi connectivity index (χ1n) is 8.28. The number of rotatable bonds is 3. The molecule has 0 spiro atoms. The molecule has 1 N–H and O–H groups in total. The zero-order valence-electron chi connectivity index (χ0n) is 14.0. The minimum Gasteiger partial charge on any atom is -0.322 e. The summed E-state index contributed by atoms with van der Waals surface area (Å²) in [4.78, 5) is 27.5. The monoisotopic (exact) mass is 400 g/mol. The van der Waals surface area contributed by atoms with Crippen molar-refractivity contribution in [3.05, 3.63) is 80.8 Å². The molecule has 0 unspecified atom stereocenters. The van der Waals surface area contributed by atoms with Crippen LogP contribution < -0.4 is 10.2 Å². The molecule has 0 saturated carbocycles. The van der Waals surface area contributed by atoms with Crippen LogP contribution in [0.15, 0.2) is 53.9 Å². The Labute approximate surface area is 164 Å². The van der Waals surface area contributed by atoms with Crippen LogP contribution in [-0.4, -0.2) is 18.4 Å². The predicted molar refractivity (Wildman–Crippen MR) is 106 cm³/mol. The summed E-state index contributed by atoms with van der Waals surface area (Å²) in [6.07, 6.45) is 0.750. The Balaban J connectivity index is 1.61. The molecular weight excluding hydrogens is 387 g/mol. The number of anilines is 2. The molecule has 2 amide bonds. The largest absolute Gasteiger partial charge is 0.322 e. The summed E-state index contributed by atoms with van der Waals surface area (Å²) in [5.41, 5.74) is 2.06. The van der Waals surface area contributed by atoms with Gasteiger partial charge in [0, 0.05) is 17.9 Å². The van der Waals surface area contributed by atoms with Crippen LogP contribution in [-0.2, 0) is 6.42 Å². The van der Waals surface area contributed by atoms with E-state index >= 15 is 0 Å². The van der Waals surface area contributed by atoms with E-state index in [1.165, 1.54) is 29.5 Å². The summed E-state index contributed by atoms with van der Waals surface area (Å²) in [5, 5.41) is 4.57. The molecule has 0 fully saturated rings. The zero-order chi connectivity index (χ0) is 19.0. The van der Waals surface area contributed by atoms with E-state index in [4.69, 9.17) is 11.6 Å². The van der Waals surface area contributed by atoms with Crippen molar-refractivity contribution in [2.24, 2.45) is 0 Å². The molecule has 1 aliphatic heterocycles. The lowest BCUT2D eigenvalue weighted by Crippen LogP contribution is -2.28. The Morgan fingerprint density at radius 2 is 2.00 bits per heavy atom. The van der Waals surface area contributed by atoms with Gasteiger partial charge in [0.15, 0.2) is 0 Å². The van der Waals surface area contributed by atoms with E-state index in [1.54, 1.807) is 23.1 Å². The molecule has 7 heteroatoms. The average Bonchev–Trinajstić information content (AvgIpc) is 3.31. The van der Waals surface area contributed by atoms with Gasteiger partial charge in [0.25, 0.3) is 11.8 Å². The maximum absolute atomic E-state index is 14.0. The fourth-order valence-corrected chi connectivity index (χ4v) is 4.03. The van der Waals surface area contributed by atoms with Crippen LogP contribution in [0.25, 0.3) is 0 Å². The van der Waals surface area contributed by atoms with Crippen LogP contribution in [0.1, 0.15) is 25.6 Å². The average molecular weight is 401 g/mol. The van der Waals surface area contributed by atoms with Crippen LogP contribution >= 0.6 is 22.9 Å². The highest BCUT2D eigenvalue weighted by Crippen LogP contribution is 2.33. The smallest absolute Gasteiger partial charge is 0.268 e. The number of thiophene rings is 1. The molecule has 1 aliphatic rings. The van der Waals surface area contributed by atoms with E-state index in [-0.39, 0.29) is 16.5 Å². The molecule has 1 aromatic heterocycles. The summed E-state index contributed by atoms with van der Waals surface area (Å²) >= 11 is 7.34. The third-order valence-corrected chi connectivity index (χ3v) is 5.58. The molecule has 3 aromatic rings. The van der Waals surface area contributed by atoms with Crippen molar-refractivity contribution < 1.29 is 14.0 Å². The van der Waals surface area contributed by atoms with E-state index < -0.39 is 11.7 Å². The van der Waals surface area contributed by atoms with Gasteiger partial charge in [0.1, 0.15) is 5.82 Å². The summed E-state index contributed by atoms with van der Waals surface area (Å²) in [6.45, 7) is 0.586. The maximum Gasteiger partial charge on any atom is 0.268 e. The third kappa shape index (κ3) is 3.34. The van der Waals surface area contributed by atoms with Gasteiger partial charge in [-0.3, -0.25) is 9.59 Å².